The van der Waals surface area contributed by atoms with Gasteiger partial charge in [0, 0.05) is 46.6 Å². The largest absolute Gasteiger partial charge is 0.264 e. The Morgan fingerprint density at radius 2 is 2.29 bits per heavy atom. The third kappa shape index (κ3) is 2.75. The van der Waals surface area contributed by atoms with E-state index in [4.69, 9.17) is 5.53 Å². The fourth-order valence-corrected chi connectivity index (χ4v) is 1.54. The zero-order valence-electron chi connectivity index (χ0n) is 9.17. The van der Waals surface area contributed by atoms with Crippen LogP contribution >= 0.6 is 0 Å². The number of nitrogens with zero attached hydrogens (tertiary/aromatic N) is 4. The molecule has 0 bridgehead atoms. The van der Waals surface area contributed by atoms with Crippen LogP contribution in [0.15, 0.2) is 41.8 Å². The third-order valence-corrected chi connectivity index (χ3v) is 2.30. The molecule has 17 heavy (non-hydrogen) atoms. The van der Waals surface area contributed by atoms with Gasteiger partial charge in [0.05, 0.1) is 0 Å². The summed E-state index contributed by atoms with van der Waals surface area (Å²) in [7, 11) is 0. The maximum Gasteiger partial charge on any atom is 0.0367 e. The fraction of sp³-hybridized carbons (Fsp3) is 0.154. The van der Waals surface area contributed by atoms with E-state index in [1.165, 1.54) is 0 Å². The molecular formula is C13H10N4. The number of pyridine rings is 1. The van der Waals surface area contributed by atoms with Crippen LogP contribution in [-0.2, 0) is 0 Å². The van der Waals surface area contributed by atoms with Crippen LogP contribution in [0.4, 0.5) is 0 Å². The van der Waals surface area contributed by atoms with Gasteiger partial charge in [-0.25, -0.2) is 0 Å². The van der Waals surface area contributed by atoms with Crippen LogP contribution in [0, 0.1) is 11.8 Å². The number of aromatic nitrogens is 1. The number of benzene rings is 1. The van der Waals surface area contributed by atoms with Gasteiger partial charge in [-0.05, 0) is 17.7 Å². The molecule has 0 unspecified atom stereocenters. The Morgan fingerprint density at radius 1 is 1.35 bits per heavy atom. The summed E-state index contributed by atoms with van der Waals surface area (Å²) in [5, 5.41) is 5.61. The molecule has 2 aromatic rings. The van der Waals surface area contributed by atoms with Crippen LogP contribution in [0.25, 0.3) is 21.2 Å². The van der Waals surface area contributed by atoms with Crippen LogP contribution in [0.3, 0.4) is 0 Å². The molecule has 0 amide bonds. The second-order valence-corrected chi connectivity index (χ2v) is 3.41. The van der Waals surface area contributed by atoms with Gasteiger partial charge in [-0.1, -0.05) is 29.1 Å². The molecule has 0 atom stereocenters. The van der Waals surface area contributed by atoms with Crippen LogP contribution in [0.1, 0.15) is 12.0 Å². The first-order chi connectivity index (χ1) is 8.42. The smallest absolute Gasteiger partial charge is 0.0367 e. The third-order valence-electron chi connectivity index (χ3n) is 2.30. The predicted molar refractivity (Wildman–Crippen MR) is 67.3 cm³/mol. The van der Waals surface area contributed by atoms with Gasteiger partial charge in [-0.3, -0.25) is 4.98 Å². The van der Waals surface area contributed by atoms with Crippen molar-refractivity contribution in [3.8, 4) is 11.8 Å². The summed E-state index contributed by atoms with van der Waals surface area (Å²) in [5.41, 5.74) is 9.10. The summed E-state index contributed by atoms with van der Waals surface area (Å²) >= 11 is 0. The number of azide groups is 1. The summed E-state index contributed by atoms with van der Waals surface area (Å²) in [6.07, 6.45) is 4.15. The SMILES string of the molecule is [N-]=[N+]=NCCC#Cc1cccc2cnccc12. The van der Waals surface area contributed by atoms with Crippen molar-refractivity contribution in [3.63, 3.8) is 0 Å². The second-order valence-electron chi connectivity index (χ2n) is 3.41. The van der Waals surface area contributed by atoms with Gasteiger partial charge in [-0.2, -0.15) is 0 Å². The molecule has 1 aromatic heterocycles. The molecule has 4 heteroatoms. The van der Waals surface area contributed by atoms with E-state index in [1.54, 1.807) is 6.20 Å². The van der Waals surface area contributed by atoms with Gasteiger partial charge in [-0.15, -0.1) is 0 Å². The van der Waals surface area contributed by atoms with Crippen LogP contribution < -0.4 is 0 Å². The molecule has 0 aliphatic carbocycles. The van der Waals surface area contributed by atoms with Crippen molar-refractivity contribution >= 4 is 10.8 Å². The molecule has 0 spiro atoms. The molecule has 4 nitrogen and oxygen atoms in total. The molecule has 0 saturated carbocycles. The van der Waals surface area contributed by atoms with E-state index in [0.717, 1.165) is 16.3 Å². The monoisotopic (exact) mass is 222 g/mol. The lowest BCUT2D eigenvalue weighted by Gasteiger charge is -1.98. The molecule has 0 N–H and O–H groups in total. The molecule has 0 aliphatic heterocycles. The second kappa shape index (κ2) is 5.55. The van der Waals surface area contributed by atoms with Crippen molar-refractivity contribution in [3.05, 3.63) is 52.7 Å². The van der Waals surface area contributed by atoms with E-state index in [9.17, 15) is 0 Å². The summed E-state index contributed by atoms with van der Waals surface area (Å²) in [5.74, 6) is 6.08. The van der Waals surface area contributed by atoms with E-state index in [2.05, 4.69) is 26.9 Å². The lowest BCUT2D eigenvalue weighted by Crippen LogP contribution is -1.81. The van der Waals surface area contributed by atoms with Crippen molar-refractivity contribution in [1.29, 1.82) is 0 Å². The average molecular weight is 222 g/mol. The van der Waals surface area contributed by atoms with Crippen molar-refractivity contribution in [2.75, 3.05) is 6.54 Å². The summed E-state index contributed by atoms with van der Waals surface area (Å²) in [6, 6.07) is 7.89. The Morgan fingerprint density at radius 3 is 3.18 bits per heavy atom. The first-order valence-corrected chi connectivity index (χ1v) is 5.24. The highest BCUT2D eigenvalue weighted by Crippen LogP contribution is 2.16. The minimum atomic E-state index is 0.413. The minimum Gasteiger partial charge on any atom is -0.264 e. The van der Waals surface area contributed by atoms with E-state index < -0.39 is 0 Å². The van der Waals surface area contributed by atoms with Gasteiger partial charge in [0.25, 0.3) is 0 Å². The maximum absolute atomic E-state index is 8.13. The number of rotatable bonds is 2. The Labute approximate surface area is 98.9 Å². The first-order valence-electron chi connectivity index (χ1n) is 5.24. The molecule has 0 aliphatic rings. The molecule has 1 aromatic carbocycles. The Balaban J connectivity index is 2.26. The fourth-order valence-electron chi connectivity index (χ4n) is 1.54. The minimum absolute atomic E-state index is 0.413. The molecular weight excluding hydrogens is 212 g/mol. The normalized spacial score (nSPS) is 9.18. The van der Waals surface area contributed by atoms with Gasteiger partial charge in [0.2, 0.25) is 0 Å². The zero-order valence-corrected chi connectivity index (χ0v) is 9.17. The molecule has 0 radical (unpaired) electrons. The summed E-state index contributed by atoms with van der Waals surface area (Å²) in [4.78, 5) is 6.75. The van der Waals surface area contributed by atoms with Crippen LogP contribution in [-0.4, -0.2) is 11.5 Å². The van der Waals surface area contributed by atoms with E-state index in [1.807, 2.05) is 30.5 Å². The van der Waals surface area contributed by atoms with E-state index in [0.29, 0.717) is 13.0 Å². The highest BCUT2D eigenvalue weighted by atomic mass is 15.1. The standard InChI is InChI=1S/C13H10N4/c14-17-16-8-2-1-4-11-5-3-6-12-10-15-9-7-13(11)12/h3,5-7,9-10H,2,8H2. The Hall–Kier alpha value is -2.50. The molecule has 1 heterocycles. The van der Waals surface area contributed by atoms with Gasteiger partial charge in [0.15, 0.2) is 0 Å². The lowest BCUT2D eigenvalue weighted by atomic mass is 10.1. The van der Waals surface area contributed by atoms with Gasteiger partial charge in [0.1, 0.15) is 0 Å². The highest BCUT2D eigenvalue weighted by molar-refractivity contribution is 5.87. The lowest BCUT2D eigenvalue weighted by molar-refractivity contribution is 1.01. The van der Waals surface area contributed by atoms with Crippen molar-refractivity contribution in [2.24, 2.45) is 5.11 Å². The van der Waals surface area contributed by atoms with Gasteiger partial charge >= 0.3 is 0 Å². The molecule has 2 rings (SSSR count). The van der Waals surface area contributed by atoms with Crippen molar-refractivity contribution in [1.82, 2.24) is 4.98 Å². The predicted octanol–water partition coefficient (Wildman–Crippen LogP) is 3.29. The number of hydrogen-bond acceptors (Lipinski definition) is 2. The van der Waals surface area contributed by atoms with Gasteiger partial charge < -0.3 is 0 Å². The Bertz CT molecular complexity index is 625. The van der Waals surface area contributed by atoms with E-state index in [-0.39, 0.29) is 0 Å². The van der Waals surface area contributed by atoms with Crippen LogP contribution in [0.5, 0.6) is 0 Å². The van der Waals surface area contributed by atoms with Crippen LogP contribution in [0.2, 0.25) is 0 Å². The van der Waals surface area contributed by atoms with Crippen molar-refractivity contribution < 1.29 is 0 Å². The van der Waals surface area contributed by atoms with Crippen molar-refractivity contribution in [2.45, 2.75) is 6.42 Å². The summed E-state index contributed by atoms with van der Waals surface area (Å²) in [6.45, 7) is 0.413. The Kier molecular flexibility index (Phi) is 3.59. The van der Waals surface area contributed by atoms with E-state index >= 15 is 0 Å². The number of fused-ring (bicyclic) bond motifs is 1. The topological polar surface area (TPSA) is 61.7 Å². The quantitative estimate of drug-likeness (QED) is 0.253. The molecule has 82 valence electrons. The summed E-state index contributed by atoms with van der Waals surface area (Å²) < 4.78 is 0. The maximum atomic E-state index is 8.13. The zero-order chi connectivity index (χ0) is 11.9. The molecule has 0 fully saturated rings. The average Bonchev–Trinajstić information content (AvgIpc) is 2.39. The molecule has 0 saturated heterocycles. The number of hydrogen-bond donors (Lipinski definition) is 0. The highest BCUT2D eigenvalue weighted by Gasteiger charge is 1.96. The first kappa shape index (κ1) is 11.0.